The van der Waals surface area contributed by atoms with Crippen LogP contribution in [0, 0.1) is 28.6 Å². The molecule has 6 atom stereocenters. The van der Waals surface area contributed by atoms with Gasteiger partial charge in [-0.25, -0.2) is 0 Å². The van der Waals surface area contributed by atoms with Gasteiger partial charge in [-0.1, -0.05) is 29.7 Å². The lowest BCUT2D eigenvalue weighted by molar-refractivity contribution is -0.150. The Labute approximate surface area is 232 Å². The van der Waals surface area contributed by atoms with E-state index in [1.165, 1.54) is 5.57 Å². The molecule has 0 aromatic heterocycles. The summed E-state index contributed by atoms with van der Waals surface area (Å²) in [7, 11) is -0.641. The number of fused-ring (bicyclic) bond motifs is 5. The zero-order chi connectivity index (χ0) is 28.1. The van der Waals surface area contributed by atoms with Crippen molar-refractivity contribution in [3.63, 3.8) is 0 Å². The second kappa shape index (κ2) is 10.3. The van der Waals surface area contributed by atoms with Crippen molar-refractivity contribution in [3.8, 4) is 0 Å². The smallest absolute Gasteiger partial charge is 0.185 e. The van der Waals surface area contributed by atoms with Crippen LogP contribution >= 0.6 is 0 Å². The number of carbonyl (C=O) groups is 1. The summed E-state index contributed by atoms with van der Waals surface area (Å²) in [6.07, 6.45) is 8.48. The van der Waals surface area contributed by atoms with E-state index in [0.29, 0.717) is 30.6 Å². The number of rotatable bonds is 8. The minimum Gasteiger partial charge on any atom is -0.412 e. The molecule has 0 unspecified atom stereocenters. The Morgan fingerprint density at radius 2 is 1.71 bits per heavy atom. The molecular weight excluding hydrogens is 513 g/mol. The first-order chi connectivity index (χ1) is 17.6. The van der Waals surface area contributed by atoms with Crippen LogP contribution < -0.4 is 0 Å². The zero-order valence-corrected chi connectivity index (χ0v) is 27.4. The van der Waals surface area contributed by atoms with Gasteiger partial charge in [0.2, 0.25) is 0 Å². The van der Waals surface area contributed by atoms with Gasteiger partial charge in [0.15, 0.2) is 16.6 Å². The van der Waals surface area contributed by atoms with Crippen molar-refractivity contribution in [3.05, 3.63) is 11.6 Å². The third-order valence-corrected chi connectivity index (χ3v) is 11.8. The number of Topliss-reactive ketones (excluding diaryl/α,β-unsaturated/α-hetero) is 1. The third kappa shape index (κ3) is 5.13. The molecule has 4 rings (SSSR count). The van der Waals surface area contributed by atoms with Gasteiger partial charge in [0.1, 0.15) is 31.3 Å². The summed E-state index contributed by atoms with van der Waals surface area (Å²) < 4.78 is 13.6. The van der Waals surface area contributed by atoms with Crippen LogP contribution in [0.3, 0.4) is 0 Å². The Hall–Kier alpha value is -1.30. The third-order valence-electron chi connectivity index (χ3n) is 9.79. The molecule has 3 saturated carbocycles. The van der Waals surface area contributed by atoms with Crippen LogP contribution in [-0.4, -0.2) is 60.3 Å². The van der Waals surface area contributed by atoms with Gasteiger partial charge in [0.25, 0.3) is 0 Å². The molecular formula is C29H50N2O5Si2. The largest absolute Gasteiger partial charge is 0.412 e. The van der Waals surface area contributed by atoms with Gasteiger partial charge in [0, 0.05) is 17.8 Å². The molecule has 4 aliphatic rings. The lowest BCUT2D eigenvalue weighted by Gasteiger charge is -2.59. The number of carbonyl (C=O) groups excluding carboxylic acids is 1. The van der Waals surface area contributed by atoms with Gasteiger partial charge in [-0.3, -0.25) is 4.79 Å². The molecule has 0 aliphatic heterocycles. The quantitative estimate of drug-likeness (QED) is 0.190. The van der Waals surface area contributed by atoms with Crippen LogP contribution in [0.1, 0.15) is 58.8 Å². The van der Waals surface area contributed by atoms with Crippen LogP contribution in [0.5, 0.6) is 0 Å². The Morgan fingerprint density at radius 1 is 1.00 bits per heavy atom. The van der Waals surface area contributed by atoms with Crippen molar-refractivity contribution in [1.29, 1.82) is 0 Å². The SMILES string of the molecule is CO/N=C1/C=C2CC[C@@H]3[C@H](C(=O)C[C@@]4(C)[C@H]3CC[C@]4(O[Si](C)(C)C)/C(CO[Si](C)(C)C)=N/OC)[C@@]2(C)CC1. The summed E-state index contributed by atoms with van der Waals surface area (Å²) in [5.41, 5.74) is 2.11. The van der Waals surface area contributed by atoms with Crippen molar-refractivity contribution < 1.29 is 23.3 Å². The molecule has 0 aromatic carbocycles. The summed E-state index contributed by atoms with van der Waals surface area (Å²) >= 11 is 0. The van der Waals surface area contributed by atoms with E-state index in [1.807, 2.05) is 0 Å². The van der Waals surface area contributed by atoms with E-state index in [9.17, 15) is 4.79 Å². The molecule has 0 aromatic rings. The Bertz CT molecular complexity index is 1030. The molecule has 0 bridgehead atoms. The van der Waals surface area contributed by atoms with Gasteiger partial charge < -0.3 is 18.5 Å². The maximum absolute atomic E-state index is 14.4. The fourth-order valence-corrected chi connectivity index (χ4v) is 10.5. The maximum Gasteiger partial charge on any atom is 0.185 e. The second-order valence-corrected chi connectivity index (χ2v) is 23.3. The fraction of sp³-hybridized carbons (Fsp3) is 0.828. The average molecular weight is 563 g/mol. The molecule has 7 nitrogen and oxygen atoms in total. The van der Waals surface area contributed by atoms with E-state index in [1.54, 1.807) is 14.2 Å². The molecule has 0 radical (unpaired) electrons. The van der Waals surface area contributed by atoms with Gasteiger partial charge >= 0.3 is 0 Å². The first-order valence-corrected chi connectivity index (χ1v) is 21.2. The Kier molecular flexibility index (Phi) is 8.02. The van der Waals surface area contributed by atoms with Gasteiger partial charge in [-0.15, -0.1) is 0 Å². The summed E-state index contributed by atoms with van der Waals surface area (Å²) in [5, 5.41) is 8.83. The summed E-state index contributed by atoms with van der Waals surface area (Å²) in [4.78, 5) is 24.9. The van der Waals surface area contributed by atoms with Crippen LogP contribution in [-0.2, 0) is 23.3 Å². The average Bonchev–Trinajstić information content (AvgIpc) is 3.07. The highest BCUT2D eigenvalue weighted by Gasteiger charge is 2.69. The molecule has 0 heterocycles. The highest BCUT2D eigenvalue weighted by molar-refractivity contribution is 6.70. The first kappa shape index (κ1) is 29.7. The van der Waals surface area contributed by atoms with Crippen LogP contribution in [0.2, 0.25) is 39.3 Å². The first-order valence-electron chi connectivity index (χ1n) is 14.4. The second-order valence-electron chi connectivity index (χ2n) is 14.4. The van der Waals surface area contributed by atoms with E-state index < -0.39 is 22.2 Å². The van der Waals surface area contributed by atoms with Crippen molar-refractivity contribution in [2.75, 3.05) is 20.8 Å². The topological polar surface area (TPSA) is 78.7 Å². The normalized spacial score (nSPS) is 38.8. The lowest BCUT2D eigenvalue weighted by atomic mass is 9.46. The standard InChI is InChI=1S/C29H50N2O5Si2/c1-27-15-13-21(30-33-3)17-20(27)11-12-22-23-14-16-29(36-38(8,9)10,28(23,2)18-24(32)26(22)27)25(31-34-4)19-35-37(5,6)7/h17,22-23,26H,11-16,18-19H2,1-10H3/b30-21+,31-25+/t22-,23-,26+,27-,28-,29-/m0/s1. The van der Waals surface area contributed by atoms with E-state index in [4.69, 9.17) is 18.5 Å². The molecule has 4 aliphatic carbocycles. The number of oxime groups is 2. The minimum absolute atomic E-state index is 0.0494. The number of nitrogens with zero attached hydrogens (tertiary/aromatic N) is 2. The van der Waals surface area contributed by atoms with E-state index in [-0.39, 0.29) is 16.7 Å². The molecule has 38 heavy (non-hydrogen) atoms. The minimum atomic E-state index is -2.03. The highest BCUT2D eigenvalue weighted by Crippen LogP contribution is 2.68. The van der Waals surface area contributed by atoms with Gasteiger partial charge in [0.05, 0.1) is 12.3 Å². The Balaban J connectivity index is 1.76. The predicted molar refractivity (Wildman–Crippen MR) is 157 cm³/mol. The van der Waals surface area contributed by atoms with Gasteiger partial charge in [-0.05, 0) is 101 Å². The van der Waals surface area contributed by atoms with Crippen molar-refractivity contribution in [1.82, 2.24) is 0 Å². The van der Waals surface area contributed by atoms with Crippen molar-refractivity contribution in [2.45, 2.75) is 104 Å². The highest BCUT2D eigenvalue weighted by atomic mass is 28.4. The van der Waals surface area contributed by atoms with Crippen LogP contribution in [0.25, 0.3) is 0 Å². The van der Waals surface area contributed by atoms with Crippen molar-refractivity contribution in [2.24, 2.45) is 38.9 Å². The number of allylic oxidation sites excluding steroid dienone is 2. The fourth-order valence-electron chi connectivity index (χ4n) is 8.41. The molecule has 0 spiro atoms. The molecule has 3 fully saturated rings. The van der Waals surface area contributed by atoms with Crippen LogP contribution in [0.15, 0.2) is 22.0 Å². The molecule has 0 N–H and O–H groups in total. The number of hydrogen-bond acceptors (Lipinski definition) is 7. The molecule has 214 valence electrons. The van der Waals surface area contributed by atoms with Gasteiger partial charge in [-0.2, -0.15) is 0 Å². The molecule has 0 saturated heterocycles. The van der Waals surface area contributed by atoms with Crippen molar-refractivity contribution >= 4 is 33.8 Å². The summed E-state index contributed by atoms with van der Waals surface area (Å²) in [6, 6.07) is 0. The predicted octanol–water partition coefficient (Wildman–Crippen LogP) is 6.57. The number of hydrogen-bond donors (Lipinski definition) is 0. The molecule has 0 amide bonds. The maximum atomic E-state index is 14.4. The van der Waals surface area contributed by atoms with Crippen LogP contribution in [0.4, 0.5) is 0 Å². The number of ketones is 1. The van der Waals surface area contributed by atoms with E-state index in [0.717, 1.165) is 49.9 Å². The Morgan fingerprint density at radius 3 is 2.32 bits per heavy atom. The monoisotopic (exact) mass is 562 g/mol. The lowest BCUT2D eigenvalue weighted by Crippen LogP contribution is -2.64. The summed E-state index contributed by atoms with van der Waals surface area (Å²) in [6.45, 7) is 18.3. The van der Waals surface area contributed by atoms with E-state index >= 15 is 0 Å². The molecule has 9 heteroatoms. The zero-order valence-electron chi connectivity index (χ0n) is 25.4. The van der Waals surface area contributed by atoms with E-state index in [2.05, 4.69) is 69.5 Å². The summed E-state index contributed by atoms with van der Waals surface area (Å²) in [5.74, 6) is 1.18.